The van der Waals surface area contributed by atoms with Crippen LogP contribution in [0.5, 0.6) is 0 Å². The third kappa shape index (κ3) is 7.36. The third-order valence-electron chi connectivity index (χ3n) is 8.04. The lowest BCUT2D eigenvalue weighted by molar-refractivity contribution is -0.144. The maximum Gasteiger partial charge on any atom is 0.247 e. The second-order valence-corrected chi connectivity index (χ2v) is 11.1. The summed E-state index contributed by atoms with van der Waals surface area (Å²) >= 11 is 0. The van der Waals surface area contributed by atoms with E-state index in [0.717, 1.165) is 34.4 Å². The summed E-state index contributed by atoms with van der Waals surface area (Å²) in [7, 11) is 0. The number of hydrogen-bond donors (Lipinski definition) is 0. The fourth-order valence-electron chi connectivity index (χ4n) is 5.58. The maximum atomic E-state index is 14.5. The van der Waals surface area contributed by atoms with Crippen LogP contribution in [0.2, 0.25) is 0 Å². The Kier molecular flexibility index (Phi) is 9.11. The van der Waals surface area contributed by atoms with Gasteiger partial charge in [0.15, 0.2) is 0 Å². The van der Waals surface area contributed by atoms with E-state index in [0.29, 0.717) is 30.9 Å². The van der Waals surface area contributed by atoms with Gasteiger partial charge in [-0.15, -0.1) is 0 Å². The first kappa shape index (κ1) is 29.6. The molecule has 5 aromatic rings. The average Bonchev–Trinajstić information content (AvgIpc) is 3.10. The van der Waals surface area contributed by atoms with Crippen molar-refractivity contribution in [1.82, 2.24) is 29.7 Å². The van der Waals surface area contributed by atoms with E-state index in [1.165, 1.54) is 11.6 Å². The van der Waals surface area contributed by atoms with Crippen LogP contribution in [0.4, 0.5) is 0 Å². The van der Waals surface area contributed by atoms with Crippen molar-refractivity contribution in [2.45, 2.75) is 38.9 Å². The van der Waals surface area contributed by atoms with Crippen molar-refractivity contribution in [2.75, 3.05) is 6.54 Å². The van der Waals surface area contributed by atoms with Gasteiger partial charge in [-0.2, -0.15) is 0 Å². The number of benzene rings is 3. The summed E-state index contributed by atoms with van der Waals surface area (Å²) < 4.78 is 0. The molecule has 1 unspecified atom stereocenters. The van der Waals surface area contributed by atoms with Crippen LogP contribution >= 0.6 is 0 Å². The quantitative estimate of drug-likeness (QED) is 0.210. The number of nitrogens with zero attached hydrogens (tertiary/aromatic N) is 6. The Morgan fingerprint density at radius 3 is 2.31 bits per heavy atom. The topological polar surface area (TPSA) is 92.2 Å². The van der Waals surface area contributed by atoms with Crippen molar-refractivity contribution < 1.29 is 9.59 Å². The molecule has 0 fully saturated rings. The van der Waals surface area contributed by atoms with Crippen LogP contribution in [0.1, 0.15) is 33.6 Å². The van der Waals surface area contributed by atoms with Crippen molar-refractivity contribution in [3.8, 4) is 11.3 Å². The number of fused-ring (bicyclic) bond motifs is 1. The van der Waals surface area contributed by atoms with Gasteiger partial charge in [0.05, 0.1) is 11.9 Å². The van der Waals surface area contributed by atoms with Gasteiger partial charge in [-0.05, 0) is 41.7 Å². The Bertz CT molecular complexity index is 1770. The van der Waals surface area contributed by atoms with E-state index in [4.69, 9.17) is 0 Å². The van der Waals surface area contributed by atoms with Gasteiger partial charge in [-0.25, -0.2) is 9.97 Å². The van der Waals surface area contributed by atoms with Gasteiger partial charge in [-0.3, -0.25) is 19.6 Å². The fraction of sp³-hybridized carbons (Fsp3) is 0.189. The fourth-order valence-corrected chi connectivity index (χ4v) is 5.58. The molecule has 0 radical (unpaired) electrons. The van der Waals surface area contributed by atoms with Crippen LogP contribution in [0.15, 0.2) is 116 Å². The highest BCUT2D eigenvalue weighted by atomic mass is 16.2. The molecule has 0 N–H and O–H groups in total. The van der Waals surface area contributed by atoms with Gasteiger partial charge >= 0.3 is 0 Å². The van der Waals surface area contributed by atoms with Crippen LogP contribution in [0, 0.1) is 6.92 Å². The minimum absolute atomic E-state index is 0.0649. The molecule has 6 rings (SSSR count). The number of aryl methyl sites for hydroxylation is 1. The minimum atomic E-state index is -0.719. The highest BCUT2D eigenvalue weighted by molar-refractivity contribution is 5.95. The van der Waals surface area contributed by atoms with Crippen molar-refractivity contribution >= 4 is 17.9 Å². The Hall–Kier alpha value is -5.50. The van der Waals surface area contributed by atoms with Crippen molar-refractivity contribution in [3.63, 3.8) is 0 Å². The molecule has 0 saturated carbocycles. The van der Waals surface area contributed by atoms with Crippen molar-refractivity contribution in [2.24, 2.45) is 0 Å². The second-order valence-electron chi connectivity index (χ2n) is 11.1. The van der Waals surface area contributed by atoms with Gasteiger partial charge in [0.25, 0.3) is 0 Å². The number of carbonyl (C=O) groups excluding carboxylic acids is 2. The van der Waals surface area contributed by atoms with E-state index >= 15 is 0 Å². The van der Waals surface area contributed by atoms with Crippen LogP contribution < -0.4 is 0 Å². The molecular weight excluding hydrogens is 560 g/mol. The summed E-state index contributed by atoms with van der Waals surface area (Å²) in [6, 6.07) is 25.3. The molecular formula is C37H34N6O2. The molecule has 0 spiro atoms. The largest absolute Gasteiger partial charge is 0.336 e. The van der Waals surface area contributed by atoms with Crippen LogP contribution in [0.3, 0.4) is 0 Å². The van der Waals surface area contributed by atoms with E-state index in [1.54, 1.807) is 42.0 Å². The van der Waals surface area contributed by atoms with Crippen LogP contribution in [-0.2, 0) is 35.5 Å². The second kappa shape index (κ2) is 13.9. The van der Waals surface area contributed by atoms with Gasteiger partial charge < -0.3 is 9.80 Å². The molecule has 45 heavy (non-hydrogen) atoms. The summed E-state index contributed by atoms with van der Waals surface area (Å²) in [5, 5.41) is 0. The molecule has 1 atom stereocenters. The molecule has 2 amide bonds. The minimum Gasteiger partial charge on any atom is -0.336 e. The Labute approximate surface area is 263 Å². The first-order valence-electron chi connectivity index (χ1n) is 15.1. The zero-order valence-corrected chi connectivity index (χ0v) is 25.2. The van der Waals surface area contributed by atoms with E-state index < -0.39 is 6.04 Å². The number of carbonyl (C=O) groups is 2. The van der Waals surface area contributed by atoms with E-state index in [2.05, 4.69) is 32.1 Å². The van der Waals surface area contributed by atoms with Gasteiger partial charge in [0, 0.05) is 68.0 Å². The summed E-state index contributed by atoms with van der Waals surface area (Å²) in [4.78, 5) is 49.2. The zero-order valence-electron chi connectivity index (χ0n) is 25.2. The van der Waals surface area contributed by atoms with Crippen LogP contribution in [0.25, 0.3) is 17.3 Å². The summed E-state index contributed by atoms with van der Waals surface area (Å²) in [5.74, 6) is 0.326. The van der Waals surface area contributed by atoms with Gasteiger partial charge in [0.1, 0.15) is 11.9 Å². The summed E-state index contributed by atoms with van der Waals surface area (Å²) in [5.41, 5.74) is 6.70. The predicted molar refractivity (Wildman–Crippen MR) is 173 cm³/mol. The lowest BCUT2D eigenvalue weighted by Gasteiger charge is -2.37. The monoisotopic (exact) mass is 594 g/mol. The lowest BCUT2D eigenvalue weighted by Crippen LogP contribution is -2.52. The van der Waals surface area contributed by atoms with Crippen LogP contribution in [-0.4, -0.2) is 54.1 Å². The first-order chi connectivity index (χ1) is 22.0. The molecule has 1 aliphatic rings. The molecule has 8 heteroatoms. The third-order valence-corrected chi connectivity index (χ3v) is 8.04. The number of rotatable bonds is 9. The highest BCUT2D eigenvalue weighted by Crippen LogP contribution is 2.24. The lowest BCUT2D eigenvalue weighted by atomic mass is 9.97. The molecule has 3 heterocycles. The van der Waals surface area contributed by atoms with Gasteiger partial charge in [0.2, 0.25) is 11.8 Å². The number of amides is 2. The highest BCUT2D eigenvalue weighted by Gasteiger charge is 2.34. The molecule has 224 valence electrons. The van der Waals surface area contributed by atoms with Gasteiger partial charge in [-0.1, -0.05) is 78.9 Å². The van der Waals surface area contributed by atoms with Crippen molar-refractivity contribution in [3.05, 3.63) is 150 Å². The molecule has 0 aliphatic carbocycles. The van der Waals surface area contributed by atoms with E-state index in [-0.39, 0.29) is 18.4 Å². The molecule has 8 nitrogen and oxygen atoms in total. The summed E-state index contributed by atoms with van der Waals surface area (Å²) in [6.07, 6.45) is 12.8. The Balaban J connectivity index is 1.34. The predicted octanol–water partition coefficient (Wildman–Crippen LogP) is 5.48. The summed E-state index contributed by atoms with van der Waals surface area (Å²) in [6.45, 7) is 3.19. The SMILES string of the molecule is Cc1ncc(C=CC(=O)N(Cc2ccc(-c3cnccn3)cc2)C(Cc2ccccc2)C(=O)N2CCc3ccccc3C2)cn1. The molecule has 3 aromatic carbocycles. The maximum absolute atomic E-state index is 14.5. The first-order valence-corrected chi connectivity index (χ1v) is 15.1. The van der Waals surface area contributed by atoms with E-state index in [1.807, 2.05) is 78.6 Å². The molecule has 2 aromatic heterocycles. The molecule has 0 saturated heterocycles. The zero-order chi connectivity index (χ0) is 31.0. The molecule has 1 aliphatic heterocycles. The Morgan fingerprint density at radius 1 is 0.844 bits per heavy atom. The Morgan fingerprint density at radius 2 is 1.58 bits per heavy atom. The smallest absolute Gasteiger partial charge is 0.247 e. The average molecular weight is 595 g/mol. The standard InChI is InChI=1S/C37H34N6O2/c1-27-40-22-30(23-41-27)13-16-36(44)43(25-29-11-14-32(15-12-29)34-24-38-18-19-39-34)35(21-28-7-3-2-4-8-28)37(45)42-20-17-31-9-5-6-10-33(31)26-42/h2-16,18-19,22-24,35H,17,20-21,25-26H2,1H3. The molecule has 0 bridgehead atoms. The normalized spacial score (nSPS) is 13.3. The number of aromatic nitrogens is 4. The van der Waals surface area contributed by atoms with Crippen molar-refractivity contribution in [1.29, 1.82) is 0 Å². The van der Waals surface area contributed by atoms with E-state index in [9.17, 15) is 9.59 Å². The number of hydrogen-bond acceptors (Lipinski definition) is 6.